The van der Waals surface area contributed by atoms with E-state index < -0.39 is 26.8 Å². The number of hydrogen-bond donors (Lipinski definition) is 0. The first-order valence-electron chi connectivity index (χ1n) is 7.03. The minimum atomic E-state index is -4.19. The molecule has 0 fully saturated rings. The van der Waals surface area contributed by atoms with Gasteiger partial charge in [0.15, 0.2) is 15.6 Å². The molecule has 0 amide bonds. The first-order chi connectivity index (χ1) is 11.0. The number of Topliss-reactive ketones (excluding diaryl/α,β-unsaturated/α-hetero) is 1. The van der Waals surface area contributed by atoms with Crippen molar-refractivity contribution >= 4 is 21.6 Å². The molecule has 2 aromatic carbocycles. The van der Waals surface area contributed by atoms with Crippen LogP contribution in [0.3, 0.4) is 0 Å². The maximum Gasteiger partial charge on any atom is 0.332 e. The van der Waals surface area contributed by atoms with Crippen LogP contribution in [0, 0.1) is 0 Å². The number of hydrogen-bond acceptors (Lipinski definition) is 5. The third kappa shape index (κ3) is 3.65. The fraction of sp³-hybridized carbons (Fsp3) is 0.176. The fourth-order valence-corrected chi connectivity index (χ4v) is 3.64. The standard InChI is InChI=1S/C17H16O5S/c1-2-22-17(19)16(15(18)13-9-5-3-6-10-13)23(20,21)14-11-7-4-8-12-14/h3-12,16H,2H2,1H3. The lowest BCUT2D eigenvalue weighted by molar-refractivity contribution is -0.141. The topological polar surface area (TPSA) is 77.5 Å². The van der Waals surface area contributed by atoms with Crippen molar-refractivity contribution in [2.75, 3.05) is 6.61 Å². The van der Waals surface area contributed by atoms with Crippen molar-refractivity contribution in [2.24, 2.45) is 0 Å². The molecule has 0 bridgehead atoms. The van der Waals surface area contributed by atoms with Gasteiger partial charge in [-0.3, -0.25) is 9.59 Å². The Kier molecular flexibility index (Phi) is 5.28. The van der Waals surface area contributed by atoms with Crippen LogP contribution in [0.4, 0.5) is 0 Å². The molecule has 0 aliphatic rings. The van der Waals surface area contributed by atoms with Crippen LogP contribution in [0.2, 0.25) is 0 Å². The maximum absolute atomic E-state index is 12.7. The summed E-state index contributed by atoms with van der Waals surface area (Å²) in [5.41, 5.74) is 0.144. The lowest BCUT2D eigenvalue weighted by Gasteiger charge is -2.15. The average Bonchev–Trinajstić information content (AvgIpc) is 2.56. The molecule has 0 aromatic heterocycles. The largest absolute Gasteiger partial charge is 0.465 e. The van der Waals surface area contributed by atoms with Crippen LogP contribution >= 0.6 is 0 Å². The molecule has 2 rings (SSSR count). The van der Waals surface area contributed by atoms with Crippen molar-refractivity contribution in [3.8, 4) is 0 Å². The van der Waals surface area contributed by atoms with Gasteiger partial charge in [0, 0.05) is 5.56 Å². The lowest BCUT2D eigenvalue weighted by atomic mass is 10.1. The van der Waals surface area contributed by atoms with E-state index in [9.17, 15) is 18.0 Å². The number of esters is 1. The van der Waals surface area contributed by atoms with Crippen molar-refractivity contribution in [2.45, 2.75) is 17.1 Å². The van der Waals surface area contributed by atoms with Crippen molar-refractivity contribution in [1.82, 2.24) is 0 Å². The van der Waals surface area contributed by atoms with E-state index in [1.165, 1.54) is 36.4 Å². The second-order valence-corrected chi connectivity index (χ2v) is 6.75. The summed E-state index contributed by atoms with van der Waals surface area (Å²) in [4.78, 5) is 24.7. The van der Waals surface area contributed by atoms with Crippen molar-refractivity contribution < 1.29 is 22.7 Å². The van der Waals surface area contributed by atoms with Gasteiger partial charge in [0.1, 0.15) is 0 Å². The van der Waals surface area contributed by atoms with Crippen LogP contribution < -0.4 is 0 Å². The van der Waals surface area contributed by atoms with Crippen LogP contribution in [0.5, 0.6) is 0 Å². The Morgan fingerprint density at radius 2 is 1.48 bits per heavy atom. The smallest absolute Gasteiger partial charge is 0.332 e. The van der Waals surface area contributed by atoms with Crippen molar-refractivity contribution in [3.05, 3.63) is 66.2 Å². The van der Waals surface area contributed by atoms with Crippen LogP contribution in [0.15, 0.2) is 65.6 Å². The summed E-state index contributed by atoms with van der Waals surface area (Å²) in [6.45, 7) is 1.54. The Morgan fingerprint density at radius 3 is 2.00 bits per heavy atom. The average molecular weight is 332 g/mol. The van der Waals surface area contributed by atoms with Gasteiger partial charge in [-0.25, -0.2) is 8.42 Å². The van der Waals surface area contributed by atoms with Crippen LogP contribution in [-0.2, 0) is 19.4 Å². The normalized spacial score (nSPS) is 12.4. The molecule has 23 heavy (non-hydrogen) atoms. The zero-order valence-corrected chi connectivity index (χ0v) is 13.3. The Labute approximate surface area is 134 Å². The lowest BCUT2D eigenvalue weighted by Crippen LogP contribution is -2.39. The third-order valence-electron chi connectivity index (χ3n) is 3.18. The Bertz CT molecular complexity index is 782. The maximum atomic E-state index is 12.7. The molecule has 2 aromatic rings. The third-order valence-corrected chi connectivity index (χ3v) is 5.14. The molecule has 1 atom stereocenters. The van der Waals surface area contributed by atoms with Gasteiger partial charge in [-0.1, -0.05) is 48.5 Å². The summed E-state index contributed by atoms with van der Waals surface area (Å²) >= 11 is 0. The summed E-state index contributed by atoms with van der Waals surface area (Å²) in [6, 6.07) is 15.2. The Morgan fingerprint density at radius 1 is 0.957 bits per heavy atom. The first-order valence-corrected chi connectivity index (χ1v) is 8.58. The predicted octanol–water partition coefficient (Wildman–Crippen LogP) is 2.27. The molecule has 0 heterocycles. The van der Waals surface area contributed by atoms with Crippen molar-refractivity contribution in [3.63, 3.8) is 0 Å². The van der Waals surface area contributed by atoms with E-state index in [0.717, 1.165) is 0 Å². The monoisotopic (exact) mass is 332 g/mol. The van der Waals surface area contributed by atoms with Gasteiger partial charge in [-0.05, 0) is 19.1 Å². The molecule has 0 spiro atoms. The van der Waals surface area contributed by atoms with E-state index in [1.807, 2.05) is 0 Å². The van der Waals surface area contributed by atoms with E-state index in [-0.39, 0.29) is 17.1 Å². The molecule has 0 saturated heterocycles. The van der Waals surface area contributed by atoms with E-state index >= 15 is 0 Å². The number of benzene rings is 2. The quantitative estimate of drug-likeness (QED) is 0.461. The second kappa shape index (κ2) is 7.19. The second-order valence-electron chi connectivity index (χ2n) is 4.72. The van der Waals surface area contributed by atoms with Gasteiger partial charge in [0.25, 0.3) is 0 Å². The molecule has 0 aliphatic carbocycles. The molecule has 0 aliphatic heterocycles. The molecule has 1 unspecified atom stereocenters. The van der Waals surface area contributed by atoms with Gasteiger partial charge in [0.05, 0.1) is 11.5 Å². The summed E-state index contributed by atoms with van der Waals surface area (Å²) < 4.78 is 30.3. The Balaban J connectivity index is 2.51. The number of ether oxygens (including phenoxy) is 1. The SMILES string of the molecule is CCOC(=O)C(C(=O)c1ccccc1)S(=O)(=O)c1ccccc1. The summed E-state index contributed by atoms with van der Waals surface area (Å²) in [5, 5.41) is -1.91. The highest BCUT2D eigenvalue weighted by molar-refractivity contribution is 7.93. The summed E-state index contributed by atoms with van der Waals surface area (Å²) in [6.07, 6.45) is 0. The van der Waals surface area contributed by atoms with Gasteiger partial charge in [0.2, 0.25) is 5.25 Å². The number of ketones is 1. The number of sulfone groups is 1. The summed E-state index contributed by atoms with van der Waals surface area (Å²) in [7, 11) is -4.19. The number of carbonyl (C=O) groups is 2. The first kappa shape index (κ1) is 16.9. The Hall–Kier alpha value is -2.47. The van der Waals surface area contributed by atoms with E-state index in [1.54, 1.807) is 31.2 Å². The molecule has 5 nitrogen and oxygen atoms in total. The van der Waals surface area contributed by atoms with E-state index in [0.29, 0.717) is 0 Å². The highest BCUT2D eigenvalue weighted by Gasteiger charge is 2.41. The highest BCUT2D eigenvalue weighted by Crippen LogP contribution is 2.20. The molecule has 0 radical (unpaired) electrons. The molecular formula is C17H16O5S. The fourth-order valence-electron chi connectivity index (χ4n) is 2.09. The van der Waals surface area contributed by atoms with Gasteiger partial charge < -0.3 is 4.74 Å². The van der Waals surface area contributed by atoms with Crippen LogP contribution in [0.25, 0.3) is 0 Å². The summed E-state index contributed by atoms with van der Waals surface area (Å²) in [5.74, 6) is -1.86. The van der Waals surface area contributed by atoms with Gasteiger partial charge in [-0.15, -0.1) is 0 Å². The molecular weight excluding hydrogens is 316 g/mol. The zero-order valence-electron chi connectivity index (χ0n) is 12.5. The van der Waals surface area contributed by atoms with Crippen LogP contribution in [0.1, 0.15) is 17.3 Å². The van der Waals surface area contributed by atoms with Gasteiger partial charge in [-0.2, -0.15) is 0 Å². The van der Waals surface area contributed by atoms with E-state index in [2.05, 4.69) is 0 Å². The highest BCUT2D eigenvalue weighted by atomic mass is 32.2. The molecule has 0 saturated carbocycles. The number of rotatable bonds is 6. The molecule has 0 N–H and O–H groups in total. The predicted molar refractivity (Wildman–Crippen MR) is 84.8 cm³/mol. The molecule has 120 valence electrons. The van der Waals surface area contributed by atoms with Crippen LogP contribution in [-0.4, -0.2) is 32.0 Å². The van der Waals surface area contributed by atoms with Crippen molar-refractivity contribution in [1.29, 1.82) is 0 Å². The number of carbonyl (C=O) groups excluding carboxylic acids is 2. The minimum Gasteiger partial charge on any atom is -0.465 e. The van der Waals surface area contributed by atoms with E-state index in [4.69, 9.17) is 4.74 Å². The zero-order chi connectivity index (χ0) is 16.9. The minimum absolute atomic E-state index is 0.0122. The van der Waals surface area contributed by atoms with Gasteiger partial charge >= 0.3 is 5.97 Å². The molecule has 6 heteroatoms.